The lowest BCUT2D eigenvalue weighted by molar-refractivity contribution is 0.968. The summed E-state index contributed by atoms with van der Waals surface area (Å²) in [5.74, 6) is 0.769. The summed E-state index contributed by atoms with van der Waals surface area (Å²) in [5, 5.41) is 21.5. The number of nitrogens with zero attached hydrogens (tertiary/aromatic N) is 6. The minimum Gasteiger partial charge on any atom is -0.181 e. The molecule has 0 saturated heterocycles. The molecular weight excluding hydrogens is 288 g/mol. The van der Waals surface area contributed by atoms with Crippen molar-refractivity contribution >= 4 is 39.2 Å². The molecule has 0 fully saturated rings. The Balaban J connectivity index is 1.92. The third kappa shape index (κ3) is 1.48. The molecule has 0 aliphatic heterocycles. The first kappa shape index (κ1) is 10.2. The Morgan fingerprint density at radius 1 is 1.17 bits per heavy atom. The summed E-state index contributed by atoms with van der Waals surface area (Å²) in [5.41, 5.74) is 0.785. The van der Waals surface area contributed by atoms with Crippen molar-refractivity contribution in [1.29, 1.82) is 0 Å². The molecular formula is C9H4N6S3. The first-order valence-electron chi connectivity index (χ1n) is 4.95. The van der Waals surface area contributed by atoms with Crippen molar-refractivity contribution in [3.63, 3.8) is 0 Å². The van der Waals surface area contributed by atoms with E-state index < -0.39 is 0 Å². The van der Waals surface area contributed by atoms with Crippen LogP contribution in [0.3, 0.4) is 0 Å². The maximum absolute atomic E-state index is 4.49. The molecule has 0 unspecified atom stereocenters. The second kappa shape index (κ2) is 3.90. The zero-order chi connectivity index (χ0) is 11.9. The molecule has 9 heteroatoms. The van der Waals surface area contributed by atoms with Gasteiger partial charge in [0.1, 0.15) is 5.69 Å². The number of aromatic nitrogens is 6. The molecule has 4 aromatic heterocycles. The zero-order valence-corrected chi connectivity index (χ0v) is 11.2. The van der Waals surface area contributed by atoms with Gasteiger partial charge in [0.15, 0.2) is 10.8 Å². The molecule has 0 aromatic carbocycles. The fourth-order valence-corrected chi connectivity index (χ4v) is 3.54. The highest BCUT2D eigenvalue weighted by molar-refractivity contribution is 7.20. The van der Waals surface area contributed by atoms with E-state index in [1.54, 1.807) is 15.9 Å². The van der Waals surface area contributed by atoms with E-state index in [2.05, 4.69) is 24.9 Å². The summed E-state index contributed by atoms with van der Waals surface area (Å²) in [6.45, 7) is 0. The van der Waals surface area contributed by atoms with Gasteiger partial charge in [0.2, 0.25) is 4.96 Å². The lowest BCUT2D eigenvalue weighted by Crippen LogP contribution is -1.88. The Morgan fingerprint density at radius 2 is 2.17 bits per heavy atom. The van der Waals surface area contributed by atoms with Crippen LogP contribution in [0.25, 0.3) is 26.4 Å². The van der Waals surface area contributed by atoms with Gasteiger partial charge < -0.3 is 0 Å². The lowest BCUT2D eigenvalue weighted by atomic mass is 10.4. The topological polar surface area (TPSA) is 68.9 Å². The molecule has 0 saturated carbocycles. The van der Waals surface area contributed by atoms with E-state index in [-0.39, 0.29) is 0 Å². The smallest absolute Gasteiger partial charge is 0.181 e. The summed E-state index contributed by atoms with van der Waals surface area (Å²) in [6.07, 6.45) is 0. The van der Waals surface area contributed by atoms with Crippen LogP contribution in [0, 0.1) is 0 Å². The third-order valence-electron chi connectivity index (χ3n) is 2.31. The molecule has 0 aliphatic rings. The predicted octanol–water partition coefficient (Wildman–Crippen LogP) is 2.43. The van der Waals surface area contributed by atoms with E-state index in [1.807, 2.05) is 22.9 Å². The molecule has 0 bridgehead atoms. The average molecular weight is 292 g/mol. The number of rotatable bonds is 2. The summed E-state index contributed by atoms with van der Waals surface area (Å²) in [4.78, 5) is 1.82. The normalized spacial score (nSPS) is 11.3. The Bertz CT molecular complexity index is 782. The number of fused-ring (bicyclic) bond motifs is 1. The quantitative estimate of drug-likeness (QED) is 0.567. The second-order valence-corrected chi connectivity index (χ2v) is 5.91. The van der Waals surface area contributed by atoms with Crippen LogP contribution in [-0.4, -0.2) is 29.4 Å². The van der Waals surface area contributed by atoms with Crippen LogP contribution in [0.15, 0.2) is 22.9 Å². The highest BCUT2D eigenvalue weighted by atomic mass is 32.1. The van der Waals surface area contributed by atoms with E-state index in [0.29, 0.717) is 0 Å². The van der Waals surface area contributed by atoms with Crippen LogP contribution >= 0.6 is 34.2 Å². The van der Waals surface area contributed by atoms with Crippen LogP contribution in [-0.2, 0) is 0 Å². The first-order valence-corrected chi connectivity index (χ1v) is 7.48. The van der Waals surface area contributed by atoms with Gasteiger partial charge in [-0.25, -0.2) is 0 Å². The molecule has 18 heavy (non-hydrogen) atoms. The highest BCUT2D eigenvalue weighted by Crippen LogP contribution is 2.28. The monoisotopic (exact) mass is 292 g/mol. The maximum Gasteiger partial charge on any atom is 0.235 e. The van der Waals surface area contributed by atoms with E-state index in [9.17, 15) is 0 Å². The third-order valence-corrected chi connectivity index (χ3v) is 4.60. The van der Waals surface area contributed by atoms with Crippen LogP contribution < -0.4 is 0 Å². The summed E-state index contributed by atoms with van der Waals surface area (Å²) >= 11 is 4.39. The van der Waals surface area contributed by atoms with Crippen molar-refractivity contribution in [3.05, 3.63) is 22.9 Å². The Hall–Kier alpha value is -1.71. The molecule has 0 radical (unpaired) electrons. The number of thiophene rings is 1. The molecule has 0 amide bonds. The largest absolute Gasteiger partial charge is 0.235 e. The molecule has 4 rings (SSSR count). The van der Waals surface area contributed by atoms with Gasteiger partial charge in [-0.3, -0.25) is 0 Å². The zero-order valence-electron chi connectivity index (χ0n) is 8.72. The molecule has 4 heterocycles. The fourth-order valence-electron chi connectivity index (χ4n) is 1.54. The SMILES string of the molecule is c1csc(-c2nnc3sc(-c4csnn4)nn23)c1. The minimum atomic E-state index is 0.765. The average Bonchev–Trinajstić information content (AvgIpc) is 3.13. The van der Waals surface area contributed by atoms with Gasteiger partial charge in [-0.1, -0.05) is 21.9 Å². The van der Waals surface area contributed by atoms with Crippen molar-refractivity contribution in [2.45, 2.75) is 0 Å². The molecule has 0 aliphatic carbocycles. The van der Waals surface area contributed by atoms with Crippen molar-refractivity contribution < 1.29 is 0 Å². The van der Waals surface area contributed by atoms with Gasteiger partial charge in [0.05, 0.1) is 4.88 Å². The number of hydrogen-bond acceptors (Lipinski definition) is 8. The first-order chi connectivity index (χ1) is 8.92. The molecule has 0 atom stereocenters. The summed E-state index contributed by atoms with van der Waals surface area (Å²) in [6, 6.07) is 3.99. The molecule has 4 aromatic rings. The van der Waals surface area contributed by atoms with E-state index >= 15 is 0 Å². The van der Waals surface area contributed by atoms with Gasteiger partial charge in [-0.15, -0.1) is 26.6 Å². The van der Waals surface area contributed by atoms with Crippen molar-refractivity contribution in [3.8, 4) is 21.4 Å². The van der Waals surface area contributed by atoms with Crippen molar-refractivity contribution in [2.75, 3.05) is 0 Å². The van der Waals surface area contributed by atoms with Crippen molar-refractivity contribution in [2.24, 2.45) is 0 Å². The van der Waals surface area contributed by atoms with E-state index in [1.165, 1.54) is 22.9 Å². The van der Waals surface area contributed by atoms with Gasteiger partial charge in [0.25, 0.3) is 0 Å². The van der Waals surface area contributed by atoms with Crippen LogP contribution in [0.2, 0.25) is 0 Å². The Labute approximate surface area is 113 Å². The van der Waals surface area contributed by atoms with Gasteiger partial charge in [0, 0.05) is 5.38 Å². The Kier molecular flexibility index (Phi) is 2.22. The molecule has 88 valence electrons. The van der Waals surface area contributed by atoms with Gasteiger partial charge >= 0.3 is 0 Å². The second-order valence-electron chi connectivity index (χ2n) is 3.39. The Morgan fingerprint density at radius 3 is 2.94 bits per heavy atom. The van der Waals surface area contributed by atoms with Crippen LogP contribution in [0.1, 0.15) is 0 Å². The lowest BCUT2D eigenvalue weighted by Gasteiger charge is -1.89. The number of hydrogen-bond donors (Lipinski definition) is 0. The summed E-state index contributed by atoms with van der Waals surface area (Å²) in [7, 11) is 0. The van der Waals surface area contributed by atoms with E-state index in [0.717, 1.165) is 26.4 Å². The van der Waals surface area contributed by atoms with Crippen molar-refractivity contribution in [1.82, 2.24) is 29.4 Å². The predicted molar refractivity (Wildman–Crippen MR) is 70.9 cm³/mol. The van der Waals surface area contributed by atoms with E-state index in [4.69, 9.17) is 0 Å². The molecule has 6 nitrogen and oxygen atoms in total. The van der Waals surface area contributed by atoms with Crippen LogP contribution in [0.4, 0.5) is 0 Å². The van der Waals surface area contributed by atoms with Crippen LogP contribution in [0.5, 0.6) is 0 Å². The molecule has 0 spiro atoms. The maximum atomic E-state index is 4.49. The highest BCUT2D eigenvalue weighted by Gasteiger charge is 2.15. The fraction of sp³-hybridized carbons (Fsp3) is 0. The summed E-state index contributed by atoms with van der Waals surface area (Å²) < 4.78 is 5.60. The van der Waals surface area contributed by atoms with Gasteiger partial charge in [-0.05, 0) is 23.0 Å². The van der Waals surface area contributed by atoms with Gasteiger partial charge in [-0.2, -0.15) is 9.61 Å². The molecule has 0 N–H and O–H groups in total. The minimum absolute atomic E-state index is 0.765. The standard InChI is InChI=1S/C9H4N6S3/c1-2-6(16-3-1)7-11-12-9-15(7)13-8(18-9)5-4-17-14-10-5/h1-4H.